The number of amides is 1. The monoisotopic (exact) mass is 273 g/mol. The molecule has 0 bridgehead atoms. The molecule has 0 fully saturated rings. The maximum Gasteiger partial charge on any atom is 0.271 e. The fraction of sp³-hybridized carbons (Fsp3) is 0.500. The lowest BCUT2D eigenvalue weighted by Gasteiger charge is -2.23. The third-order valence-electron chi connectivity index (χ3n) is 3.95. The molecule has 2 aromatic rings. The van der Waals surface area contributed by atoms with Crippen LogP contribution < -0.4 is 5.32 Å². The number of aryl methyl sites for hydroxylation is 3. The molecule has 1 amide bonds. The molecule has 0 saturated carbocycles. The molecule has 20 heavy (non-hydrogen) atoms. The number of nitrogens with one attached hydrogen (secondary N) is 1. The SMILES string of the molecule is Cc1cc(C(=O)NC[C@H]2CCn3ccnc3C2)nn1C. The highest BCUT2D eigenvalue weighted by Crippen LogP contribution is 2.18. The van der Waals surface area contributed by atoms with E-state index in [2.05, 4.69) is 20.0 Å². The number of nitrogens with zero attached hydrogens (tertiary/aromatic N) is 4. The van der Waals surface area contributed by atoms with Crippen molar-refractivity contribution in [3.63, 3.8) is 0 Å². The topological polar surface area (TPSA) is 64.7 Å². The summed E-state index contributed by atoms with van der Waals surface area (Å²) in [7, 11) is 1.84. The molecule has 0 radical (unpaired) electrons. The molecule has 0 aromatic carbocycles. The Morgan fingerprint density at radius 2 is 2.40 bits per heavy atom. The van der Waals surface area contributed by atoms with E-state index in [1.165, 1.54) is 0 Å². The maximum atomic E-state index is 12.0. The van der Waals surface area contributed by atoms with E-state index in [9.17, 15) is 4.79 Å². The summed E-state index contributed by atoms with van der Waals surface area (Å²) >= 11 is 0. The lowest BCUT2D eigenvalue weighted by molar-refractivity contribution is 0.0939. The fourth-order valence-corrected chi connectivity index (χ4v) is 2.59. The maximum absolute atomic E-state index is 12.0. The molecular weight excluding hydrogens is 254 g/mol. The molecular formula is C14H19N5O. The third kappa shape index (κ3) is 2.45. The van der Waals surface area contributed by atoms with Crippen molar-refractivity contribution in [2.75, 3.05) is 6.54 Å². The van der Waals surface area contributed by atoms with Crippen molar-refractivity contribution in [3.8, 4) is 0 Å². The highest BCUT2D eigenvalue weighted by Gasteiger charge is 2.20. The number of hydrogen-bond donors (Lipinski definition) is 1. The zero-order valence-corrected chi connectivity index (χ0v) is 11.8. The van der Waals surface area contributed by atoms with E-state index < -0.39 is 0 Å². The van der Waals surface area contributed by atoms with Gasteiger partial charge in [-0.05, 0) is 25.3 Å². The molecule has 106 valence electrons. The van der Waals surface area contributed by atoms with Gasteiger partial charge in [-0.25, -0.2) is 4.98 Å². The first-order valence-corrected chi connectivity index (χ1v) is 6.92. The molecule has 6 heteroatoms. The summed E-state index contributed by atoms with van der Waals surface area (Å²) in [5.74, 6) is 1.48. The molecule has 1 N–H and O–H groups in total. The molecule has 1 aliphatic heterocycles. The minimum Gasteiger partial charge on any atom is -0.350 e. The van der Waals surface area contributed by atoms with Gasteiger partial charge in [0.1, 0.15) is 11.5 Å². The largest absolute Gasteiger partial charge is 0.350 e. The van der Waals surface area contributed by atoms with Crippen molar-refractivity contribution < 1.29 is 4.79 Å². The van der Waals surface area contributed by atoms with E-state index in [0.29, 0.717) is 18.2 Å². The minimum atomic E-state index is -0.0948. The van der Waals surface area contributed by atoms with Gasteiger partial charge in [0.25, 0.3) is 5.91 Å². The summed E-state index contributed by atoms with van der Waals surface area (Å²) < 4.78 is 3.90. The summed E-state index contributed by atoms with van der Waals surface area (Å²) in [4.78, 5) is 16.4. The summed E-state index contributed by atoms with van der Waals surface area (Å²) in [6, 6.07) is 1.81. The molecule has 0 saturated heterocycles. The van der Waals surface area contributed by atoms with Crippen molar-refractivity contribution in [2.45, 2.75) is 26.3 Å². The second kappa shape index (κ2) is 5.11. The normalized spacial score (nSPS) is 17.8. The molecule has 1 aliphatic rings. The van der Waals surface area contributed by atoms with Crippen LogP contribution in [-0.2, 0) is 20.0 Å². The smallest absolute Gasteiger partial charge is 0.271 e. The van der Waals surface area contributed by atoms with Crippen molar-refractivity contribution in [3.05, 3.63) is 35.7 Å². The van der Waals surface area contributed by atoms with Crippen LogP contribution in [0.25, 0.3) is 0 Å². The van der Waals surface area contributed by atoms with Crippen LogP contribution in [0.4, 0.5) is 0 Å². The van der Waals surface area contributed by atoms with E-state index in [4.69, 9.17) is 0 Å². The first-order valence-electron chi connectivity index (χ1n) is 6.92. The van der Waals surface area contributed by atoms with E-state index >= 15 is 0 Å². The van der Waals surface area contributed by atoms with Crippen LogP contribution in [0.5, 0.6) is 0 Å². The first-order chi connectivity index (χ1) is 9.63. The van der Waals surface area contributed by atoms with E-state index in [0.717, 1.165) is 30.9 Å². The lowest BCUT2D eigenvalue weighted by atomic mass is 9.98. The van der Waals surface area contributed by atoms with Gasteiger partial charge in [-0.3, -0.25) is 9.48 Å². The zero-order valence-electron chi connectivity index (χ0n) is 11.8. The van der Waals surface area contributed by atoms with Crippen LogP contribution in [0.15, 0.2) is 18.5 Å². The Balaban J connectivity index is 1.56. The quantitative estimate of drug-likeness (QED) is 0.904. The van der Waals surface area contributed by atoms with Gasteiger partial charge in [-0.1, -0.05) is 0 Å². The number of carbonyl (C=O) groups is 1. The van der Waals surface area contributed by atoms with Gasteiger partial charge in [0.15, 0.2) is 0 Å². The van der Waals surface area contributed by atoms with Gasteiger partial charge in [-0.2, -0.15) is 5.10 Å². The number of fused-ring (bicyclic) bond motifs is 1. The molecule has 3 heterocycles. The Morgan fingerprint density at radius 3 is 3.15 bits per heavy atom. The highest BCUT2D eigenvalue weighted by atomic mass is 16.1. The first kappa shape index (κ1) is 12.9. The Hall–Kier alpha value is -2.11. The van der Waals surface area contributed by atoms with Gasteiger partial charge in [-0.15, -0.1) is 0 Å². The van der Waals surface area contributed by atoms with Crippen molar-refractivity contribution in [2.24, 2.45) is 13.0 Å². The Labute approximate surface area is 117 Å². The molecule has 2 aromatic heterocycles. The van der Waals surface area contributed by atoms with E-state index in [-0.39, 0.29) is 5.91 Å². The standard InChI is InChI=1S/C14H19N5O/c1-10-7-12(17-18(10)2)14(20)16-9-11-3-5-19-6-4-15-13(19)8-11/h4,6-7,11H,3,5,8-9H2,1-2H3,(H,16,20)/t11-/m0/s1. The second-order valence-electron chi connectivity index (χ2n) is 5.40. The van der Waals surface area contributed by atoms with Crippen LogP contribution in [0, 0.1) is 12.8 Å². The summed E-state index contributed by atoms with van der Waals surface area (Å²) in [6.45, 7) is 3.60. The highest BCUT2D eigenvalue weighted by molar-refractivity contribution is 5.92. The number of aromatic nitrogens is 4. The van der Waals surface area contributed by atoms with Gasteiger partial charge >= 0.3 is 0 Å². The van der Waals surface area contributed by atoms with Crippen LogP contribution in [0.2, 0.25) is 0 Å². The molecule has 1 atom stereocenters. The summed E-state index contributed by atoms with van der Waals surface area (Å²) in [5.41, 5.74) is 1.47. The minimum absolute atomic E-state index is 0.0948. The van der Waals surface area contributed by atoms with Crippen molar-refractivity contribution in [1.29, 1.82) is 0 Å². The zero-order chi connectivity index (χ0) is 14.1. The molecule has 6 nitrogen and oxygen atoms in total. The molecule has 0 spiro atoms. The predicted octanol–water partition coefficient (Wildman–Crippen LogP) is 0.917. The fourth-order valence-electron chi connectivity index (χ4n) is 2.59. The van der Waals surface area contributed by atoms with Crippen LogP contribution in [0.3, 0.4) is 0 Å². The Bertz CT molecular complexity index is 608. The third-order valence-corrected chi connectivity index (χ3v) is 3.95. The summed E-state index contributed by atoms with van der Waals surface area (Å²) in [6.07, 6.45) is 5.85. The van der Waals surface area contributed by atoms with Crippen molar-refractivity contribution in [1.82, 2.24) is 24.6 Å². The predicted molar refractivity (Wildman–Crippen MR) is 74.3 cm³/mol. The molecule has 0 unspecified atom stereocenters. The van der Waals surface area contributed by atoms with Gasteiger partial charge in [0.2, 0.25) is 0 Å². The molecule has 3 rings (SSSR count). The van der Waals surface area contributed by atoms with Crippen LogP contribution in [-0.4, -0.2) is 31.8 Å². The molecule has 0 aliphatic carbocycles. The van der Waals surface area contributed by atoms with Crippen molar-refractivity contribution >= 4 is 5.91 Å². The summed E-state index contributed by atoms with van der Waals surface area (Å²) in [5, 5.41) is 7.17. The number of hydrogen-bond acceptors (Lipinski definition) is 3. The van der Waals surface area contributed by atoms with Gasteiger partial charge < -0.3 is 9.88 Å². The van der Waals surface area contributed by atoms with E-state index in [1.54, 1.807) is 4.68 Å². The number of carbonyl (C=O) groups excluding carboxylic acids is 1. The van der Waals surface area contributed by atoms with Crippen LogP contribution in [0.1, 0.15) is 28.4 Å². The average molecular weight is 273 g/mol. The Morgan fingerprint density at radius 1 is 1.55 bits per heavy atom. The number of imidazole rings is 1. The second-order valence-corrected chi connectivity index (χ2v) is 5.40. The van der Waals surface area contributed by atoms with Gasteiger partial charge in [0, 0.05) is 44.6 Å². The van der Waals surface area contributed by atoms with Crippen LogP contribution >= 0.6 is 0 Å². The van der Waals surface area contributed by atoms with Gasteiger partial charge in [0.05, 0.1) is 0 Å². The average Bonchev–Trinajstić information content (AvgIpc) is 3.03. The Kier molecular flexibility index (Phi) is 3.30. The van der Waals surface area contributed by atoms with E-state index in [1.807, 2.05) is 32.4 Å². The number of rotatable bonds is 3. The lowest BCUT2D eigenvalue weighted by Crippen LogP contribution is -2.33.